The molecule has 2 N–H and O–H groups in total. The van der Waals surface area contributed by atoms with E-state index in [9.17, 15) is 4.79 Å². The topological polar surface area (TPSA) is 79.8 Å². The van der Waals surface area contributed by atoms with Gasteiger partial charge in [-0.1, -0.05) is 0 Å². The number of nitrogens with two attached hydrogens (primary N) is 1. The van der Waals surface area contributed by atoms with Gasteiger partial charge in [-0.05, 0) is 0 Å². The Morgan fingerprint density at radius 2 is 2.58 bits per heavy atom. The second-order valence-corrected chi connectivity index (χ2v) is 3.04. The summed E-state index contributed by atoms with van der Waals surface area (Å²) in [6.45, 7) is 0. The Morgan fingerprint density at radius 1 is 1.83 bits per heavy atom. The molecule has 1 rings (SSSR count). The molecular weight excluding hydrogens is 174 g/mol. The summed E-state index contributed by atoms with van der Waals surface area (Å²) in [5.41, 5.74) is 5.70. The van der Waals surface area contributed by atoms with Crippen molar-refractivity contribution in [3.63, 3.8) is 0 Å². The summed E-state index contributed by atoms with van der Waals surface area (Å²) in [4.78, 5) is 15.0. The third-order valence-corrected chi connectivity index (χ3v) is 1.95. The lowest BCUT2D eigenvalue weighted by molar-refractivity contribution is 0.0980. The van der Waals surface area contributed by atoms with Gasteiger partial charge < -0.3 is 5.73 Å². The quantitative estimate of drug-likeness (QED) is 0.711. The molecule has 0 radical (unpaired) electrons. The maximum Gasteiger partial charge on any atom is 0.183 e. The van der Waals surface area contributed by atoms with Gasteiger partial charge in [0.2, 0.25) is 0 Å². The number of ketones is 1. The molecule has 0 unspecified atom stereocenters. The van der Waals surface area contributed by atoms with Crippen molar-refractivity contribution >= 4 is 22.3 Å². The molecule has 0 spiro atoms. The predicted octanol–water partition coefficient (Wildman–Crippen LogP) is 1.21. The molecule has 5 heteroatoms. The van der Waals surface area contributed by atoms with Crippen molar-refractivity contribution < 1.29 is 4.79 Å². The average molecular weight is 181 g/mol. The number of aromatic nitrogens is 1. The number of rotatable bonds is 3. The number of carbonyl (C=O) groups excluding carboxylic acids is 1. The lowest BCUT2D eigenvalue weighted by atomic mass is 10.2. The Bertz CT molecular complexity index is 326. The number of anilines is 1. The molecule has 0 amide bonds. The molecule has 1 aromatic rings. The van der Waals surface area contributed by atoms with Crippen LogP contribution < -0.4 is 5.73 Å². The molecule has 4 nitrogen and oxygen atoms in total. The fourth-order valence-electron chi connectivity index (χ4n) is 0.713. The number of carbonyl (C=O) groups is 1. The third kappa shape index (κ3) is 2.04. The molecule has 0 aromatic carbocycles. The molecule has 0 fully saturated rings. The van der Waals surface area contributed by atoms with Gasteiger partial charge in [-0.2, -0.15) is 5.26 Å². The van der Waals surface area contributed by atoms with E-state index in [2.05, 4.69) is 4.98 Å². The van der Waals surface area contributed by atoms with Crippen molar-refractivity contribution in [2.75, 3.05) is 5.73 Å². The van der Waals surface area contributed by atoms with E-state index in [1.807, 2.05) is 6.07 Å². The number of hydrogen-bond acceptors (Lipinski definition) is 5. The standard InChI is InChI=1S/C7H7N3OS/c8-3-1-2-6(11)5-4-12-7(9)10-5/h4H,1-2H2,(H2,9,10). The van der Waals surface area contributed by atoms with Crippen molar-refractivity contribution in [3.05, 3.63) is 11.1 Å². The van der Waals surface area contributed by atoms with Crippen LogP contribution in [0.1, 0.15) is 23.3 Å². The first-order chi connectivity index (χ1) is 5.74. The van der Waals surface area contributed by atoms with E-state index >= 15 is 0 Å². The molecule has 0 aliphatic rings. The number of nitrogen functional groups attached to an aromatic ring is 1. The van der Waals surface area contributed by atoms with Gasteiger partial charge in [0.15, 0.2) is 10.9 Å². The monoisotopic (exact) mass is 181 g/mol. The van der Waals surface area contributed by atoms with Gasteiger partial charge >= 0.3 is 0 Å². The molecule has 12 heavy (non-hydrogen) atoms. The lowest BCUT2D eigenvalue weighted by Gasteiger charge is -1.89. The minimum atomic E-state index is -0.121. The van der Waals surface area contributed by atoms with E-state index in [1.165, 1.54) is 11.3 Å². The molecule has 0 aliphatic carbocycles. The van der Waals surface area contributed by atoms with Gasteiger partial charge in [0.25, 0.3) is 0 Å². The second kappa shape index (κ2) is 3.83. The Labute approximate surface area is 73.6 Å². The van der Waals surface area contributed by atoms with Crippen LogP contribution >= 0.6 is 11.3 Å². The van der Waals surface area contributed by atoms with Crippen molar-refractivity contribution in [3.8, 4) is 6.07 Å². The summed E-state index contributed by atoms with van der Waals surface area (Å²) in [7, 11) is 0. The first-order valence-electron chi connectivity index (χ1n) is 3.35. The fourth-order valence-corrected chi connectivity index (χ4v) is 1.28. The summed E-state index contributed by atoms with van der Waals surface area (Å²) < 4.78 is 0. The normalized spacial score (nSPS) is 9.25. The zero-order valence-corrected chi connectivity index (χ0v) is 7.10. The molecule has 0 aliphatic heterocycles. The number of Topliss-reactive ketones (excluding diaryl/α,β-unsaturated/α-hetero) is 1. The van der Waals surface area contributed by atoms with Crippen LogP contribution in [0.2, 0.25) is 0 Å². The zero-order valence-electron chi connectivity index (χ0n) is 6.28. The van der Waals surface area contributed by atoms with Crippen molar-refractivity contribution in [2.45, 2.75) is 12.8 Å². The number of thiazole rings is 1. The highest BCUT2D eigenvalue weighted by Gasteiger charge is 2.08. The lowest BCUT2D eigenvalue weighted by Crippen LogP contribution is -1.98. The van der Waals surface area contributed by atoms with Crippen LogP contribution in [0, 0.1) is 11.3 Å². The smallest absolute Gasteiger partial charge is 0.183 e. The number of nitriles is 1. The fraction of sp³-hybridized carbons (Fsp3) is 0.286. The second-order valence-electron chi connectivity index (χ2n) is 2.15. The molecule has 1 heterocycles. The van der Waals surface area contributed by atoms with Crippen LogP contribution in [0.5, 0.6) is 0 Å². The van der Waals surface area contributed by atoms with Crippen LogP contribution in [0.25, 0.3) is 0 Å². The first kappa shape index (κ1) is 8.68. The highest BCUT2D eigenvalue weighted by atomic mass is 32.1. The molecule has 1 aromatic heterocycles. The number of nitrogens with zero attached hydrogens (tertiary/aromatic N) is 2. The molecule has 0 saturated heterocycles. The van der Waals surface area contributed by atoms with Crippen molar-refractivity contribution in [2.24, 2.45) is 0 Å². The highest BCUT2D eigenvalue weighted by molar-refractivity contribution is 7.13. The van der Waals surface area contributed by atoms with Gasteiger partial charge in [-0.25, -0.2) is 4.98 Å². The van der Waals surface area contributed by atoms with Gasteiger partial charge in [-0.3, -0.25) is 4.79 Å². The van der Waals surface area contributed by atoms with Crippen LogP contribution in [0.4, 0.5) is 5.13 Å². The maximum absolute atomic E-state index is 11.2. The van der Waals surface area contributed by atoms with Crippen LogP contribution in [-0.4, -0.2) is 10.8 Å². The average Bonchev–Trinajstić information content (AvgIpc) is 2.47. The molecule has 0 bridgehead atoms. The van der Waals surface area contributed by atoms with E-state index < -0.39 is 0 Å². The van der Waals surface area contributed by atoms with Gasteiger partial charge in [-0.15, -0.1) is 11.3 Å². The Hall–Kier alpha value is -1.41. The highest BCUT2D eigenvalue weighted by Crippen LogP contribution is 2.12. The largest absolute Gasteiger partial charge is 0.375 e. The Morgan fingerprint density at radius 3 is 3.08 bits per heavy atom. The number of hydrogen-bond donors (Lipinski definition) is 1. The summed E-state index contributed by atoms with van der Waals surface area (Å²) in [5.74, 6) is -0.121. The summed E-state index contributed by atoms with van der Waals surface area (Å²) in [5, 5.41) is 10.2. The Balaban J connectivity index is 2.61. The van der Waals surface area contributed by atoms with E-state index in [1.54, 1.807) is 5.38 Å². The predicted molar refractivity (Wildman–Crippen MR) is 45.7 cm³/mol. The van der Waals surface area contributed by atoms with Gasteiger partial charge in [0.1, 0.15) is 5.69 Å². The molecule has 0 atom stereocenters. The Kier molecular flexibility index (Phi) is 2.77. The van der Waals surface area contributed by atoms with Crippen LogP contribution in [-0.2, 0) is 0 Å². The zero-order chi connectivity index (χ0) is 8.97. The minimum Gasteiger partial charge on any atom is -0.375 e. The van der Waals surface area contributed by atoms with Crippen LogP contribution in [0.15, 0.2) is 5.38 Å². The van der Waals surface area contributed by atoms with E-state index in [0.29, 0.717) is 10.8 Å². The summed E-state index contributed by atoms with van der Waals surface area (Å²) in [6.07, 6.45) is 0.454. The van der Waals surface area contributed by atoms with Gasteiger partial charge in [0, 0.05) is 18.2 Å². The van der Waals surface area contributed by atoms with Crippen molar-refractivity contribution in [1.82, 2.24) is 4.98 Å². The van der Waals surface area contributed by atoms with Crippen LogP contribution in [0.3, 0.4) is 0 Å². The molecular formula is C7H7N3OS. The maximum atomic E-state index is 11.2. The van der Waals surface area contributed by atoms with Crippen molar-refractivity contribution in [1.29, 1.82) is 5.26 Å². The van der Waals surface area contributed by atoms with Gasteiger partial charge in [0.05, 0.1) is 6.07 Å². The minimum absolute atomic E-state index is 0.121. The molecule has 0 saturated carbocycles. The molecule has 62 valence electrons. The first-order valence-corrected chi connectivity index (χ1v) is 4.23. The van der Waals surface area contributed by atoms with E-state index in [0.717, 1.165) is 0 Å². The SMILES string of the molecule is N#CCCC(=O)c1csc(N)n1. The summed E-state index contributed by atoms with van der Waals surface area (Å²) >= 11 is 1.23. The summed E-state index contributed by atoms with van der Waals surface area (Å²) in [6, 6.07) is 1.90. The van der Waals surface area contributed by atoms with E-state index in [4.69, 9.17) is 11.0 Å². The van der Waals surface area contributed by atoms with E-state index in [-0.39, 0.29) is 18.6 Å². The third-order valence-electron chi connectivity index (χ3n) is 1.27.